The minimum Gasteiger partial charge on any atom is -0.466 e. The molecule has 0 aliphatic heterocycles. The predicted octanol–water partition coefficient (Wildman–Crippen LogP) is 7.53. The molecule has 0 aliphatic rings. The van der Waals surface area contributed by atoms with Crippen molar-refractivity contribution < 1.29 is 9.53 Å². The molecule has 0 spiro atoms. The Hall–Kier alpha value is -1.05. The van der Waals surface area contributed by atoms with E-state index in [1.807, 2.05) is 6.92 Å². The molecule has 0 amide bonds. The number of carbonyl (C=O) groups excluding carboxylic acids is 1. The van der Waals surface area contributed by atoms with Crippen LogP contribution in [-0.2, 0) is 9.53 Å². The molecule has 0 aromatic heterocycles. The number of esters is 1. The largest absolute Gasteiger partial charge is 0.466 e. The molecule has 146 valence electrons. The molecule has 0 heterocycles. The van der Waals surface area contributed by atoms with Crippen LogP contribution in [-0.4, -0.2) is 12.6 Å². The van der Waals surface area contributed by atoms with Gasteiger partial charge in [0.15, 0.2) is 0 Å². The maximum absolute atomic E-state index is 11.1. The zero-order valence-corrected chi connectivity index (χ0v) is 16.9. The van der Waals surface area contributed by atoms with Gasteiger partial charge in [0.2, 0.25) is 0 Å². The second-order valence-electron chi connectivity index (χ2n) is 6.83. The van der Waals surface area contributed by atoms with E-state index >= 15 is 0 Å². The smallest absolute Gasteiger partial charge is 0.306 e. The average Bonchev–Trinajstić information content (AvgIpc) is 2.61. The molecule has 0 radical (unpaired) electrons. The summed E-state index contributed by atoms with van der Waals surface area (Å²) < 4.78 is 4.89. The van der Waals surface area contributed by atoms with Gasteiger partial charge in [-0.1, -0.05) is 89.0 Å². The Kier molecular flexibility index (Phi) is 20.1. The van der Waals surface area contributed by atoms with Crippen molar-refractivity contribution in [1.29, 1.82) is 0 Å². The van der Waals surface area contributed by atoms with Crippen molar-refractivity contribution in [2.75, 3.05) is 6.61 Å². The summed E-state index contributed by atoms with van der Waals surface area (Å²) in [6.07, 6.45) is 27.6. The van der Waals surface area contributed by atoms with Gasteiger partial charge in [0.1, 0.15) is 0 Å². The summed E-state index contributed by atoms with van der Waals surface area (Å²) >= 11 is 0. The molecular weight excluding hydrogens is 308 g/mol. The highest BCUT2D eigenvalue weighted by atomic mass is 16.5. The Morgan fingerprint density at radius 2 is 1.12 bits per heavy atom. The molecule has 0 fully saturated rings. The maximum Gasteiger partial charge on any atom is 0.306 e. The fourth-order valence-corrected chi connectivity index (χ4v) is 2.85. The van der Waals surface area contributed by atoms with Gasteiger partial charge in [-0.2, -0.15) is 0 Å². The van der Waals surface area contributed by atoms with Crippen molar-refractivity contribution in [2.45, 2.75) is 110 Å². The summed E-state index contributed by atoms with van der Waals surface area (Å²) in [5.74, 6) is -0.0939. The van der Waals surface area contributed by atoms with Crippen LogP contribution in [0.25, 0.3) is 0 Å². The van der Waals surface area contributed by atoms with E-state index in [9.17, 15) is 4.79 Å². The third-order valence-corrected chi connectivity index (χ3v) is 4.38. The number of rotatable bonds is 18. The van der Waals surface area contributed by atoms with E-state index in [1.165, 1.54) is 70.6 Å². The van der Waals surface area contributed by atoms with E-state index in [4.69, 9.17) is 4.74 Å². The highest BCUT2D eigenvalue weighted by molar-refractivity contribution is 5.69. The van der Waals surface area contributed by atoms with Gasteiger partial charge in [-0.15, -0.1) is 0 Å². The van der Waals surface area contributed by atoms with Crippen LogP contribution in [0.1, 0.15) is 110 Å². The first-order chi connectivity index (χ1) is 12.3. The van der Waals surface area contributed by atoms with Crippen LogP contribution in [0, 0.1) is 0 Å². The third kappa shape index (κ3) is 20.9. The second-order valence-corrected chi connectivity index (χ2v) is 6.83. The van der Waals surface area contributed by atoms with Crippen molar-refractivity contribution >= 4 is 5.97 Å². The number of allylic oxidation sites excluding steroid dienone is 4. The lowest BCUT2D eigenvalue weighted by Gasteiger charge is -2.01. The molecule has 25 heavy (non-hydrogen) atoms. The average molecular weight is 351 g/mol. The Morgan fingerprint density at radius 1 is 0.640 bits per heavy atom. The summed E-state index contributed by atoms with van der Waals surface area (Å²) in [6, 6.07) is 0. The first-order valence-electron chi connectivity index (χ1n) is 10.8. The lowest BCUT2D eigenvalue weighted by Crippen LogP contribution is -2.02. The van der Waals surface area contributed by atoms with Gasteiger partial charge in [0.25, 0.3) is 0 Å². The van der Waals surface area contributed by atoms with E-state index in [-0.39, 0.29) is 5.97 Å². The predicted molar refractivity (Wildman–Crippen MR) is 110 cm³/mol. The molecule has 0 unspecified atom stereocenters. The molecule has 0 saturated heterocycles. The number of hydrogen-bond donors (Lipinski definition) is 0. The molecule has 0 aliphatic carbocycles. The minimum absolute atomic E-state index is 0.0939. The van der Waals surface area contributed by atoms with Crippen LogP contribution in [0.5, 0.6) is 0 Å². The van der Waals surface area contributed by atoms with E-state index in [0.717, 1.165) is 19.3 Å². The van der Waals surface area contributed by atoms with E-state index in [1.54, 1.807) is 0 Å². The van der Waals surface area contributed by atoms with Crippen molar-refractivity contribution in [3.05, 3.63) is 24.3 Å². The number of carbonyl (C=O) groups is 1. The van der Waals surface area contributed by atoms with E-state index < -0.39 is 0 Å². The van der Waals surface area contributed by atoms with Gasteiger partial charge in [-0.25, -0.2) is 0 Å². The van der Waals surface area contributed by atoms with Gasteiger partial charge < -0.3 is 4.74 Å². The summed E-state index contributed by atoms with van der Waals surface area (Å²) in [5, 5.41) is 0. The minimum atomic E-state index is -0.0939. The Labute approximate surface area is 157 Å². The standard InChI is InChI=1S/C23H42O2/c1-3-5-6-7-8-9-10-11-12-13-14-15-16-17-18-19-20-21-22-23(24)25-4-2/h15-16,19-20H,3-14,17-18,21-22H2,1-2H3/b16-15-,20-19+. The molecule has 0 rings (SSSR count). The van der Waals surface area contributed by atoms with Crippen LogP contribution in [0.2, 0.25) is 0 Å². The molecule has 0 N–H and O–H groups in total. The van der Waals surface area contributed by atoms with E-state index in [2.05, 4.69) is 31.2 Å². The Morgan fingerprint density at radius 3 is 1.68 bits per heavy atom. The summed E-state index contributed by atoms with van der Waals surface area (Å²) in [6.45, 7) is 4.60. The van der Waals surface area contributed by atoms with Crippen LogP contribution in [0.3, 0.4) is 0 Å². The second kappa shape index (κ2) is 21.0. The molecule has 0 bridgehead atoms. The van der Waals surface area contributed by atoms with Gasteiger partial charge in [0.05, 0.1) is 6.61 Å². The van der Waals surface area contributed by atoms with Crippen molar-refractivity contribution in [2.24, 2.45) is 0 Å². The number of unbranched alkanes of at least 4 members (excludes halogenated alkanes) is 11. The zero-order valence-electron chi connectivity index (χ0n) is 16.9. The van der Waals surface area contributed by atoms with Crippen molar-refractivity contribution in [1.82, 2.24) is 0 Å². The topological polar surface area (TPSA) is 26.3 Å². The molecular formula is C23H42O2. The normalized spacial score (nSPS) is 11.6. The quantitative estimate of drug-likeness (QED) is 0.145. The molecule has 2 nitrogen and oxygen atoms in total. The lowest BCUT2D eigenvalue weighted by atomic mass is 10.1. The van der Waals surface area contributed by atoms with Crippen molar-refractivity contribution in [3.8, 4) is 0 Å². The first kappa shape index (κ1) is 23.9. The zero-order chi connectivity index (χ0) is 18.4. The van der Waals surface area contributed by atoms with Gasteiger partial charge in [-0.05, 0) is 39.0 Å². The summed E-state index contributed by atoms with van der Waals surface area (Å²) in [4.78, 5) is 11.1. The summed E-state index contributed by atoms with van der Waals surface area (Å²) in [5.41, 5.74) is 0. The van der Waals surface area contributed by atoms with Crippen LogP contribution >= 0.6 is 0 Å². The van der Waals surface area contributed by atoms with Crippen molar-refractivity contribution in [3.63, 3.8) is 0 Å². The molecule has 0 aromatic rings. The highest BCUT2D eigenvalue weighted by Gasteiger charge is 1.97. The number of ether oxygens (including phenoxy) is 1. The van der Waals surface area contributed by atoms with E-state index in [0.29, 0.717) is 13.0 Å². The SMILES string of the molecule is CCCCCCCCCCCC/C=C\CC/C=C/CCC(=O)OCC. The maximum atomic E-state index is 11.1. The lowest BCUT2D eigenvalue weighted by molar-refractivity contribution is -0.142. The van der Waals surface area contributed by atoms with Crippen LogP contribution in [0.15, 0.2) is 24.3 Å². The molecule has 0 aromatic carbocycles. The van der Waals surface area contributed by atoms with Gasteiger partial charge >= 0.3 is 5.97 Å². The molecule has 0 saturated carbocycles. The van der Waals surface area contributed by atoms with Gasteiger partial charge in [0, 0.05) is 6.42 Å². The fraction of sp³-hybridized carbons (Fsp3) is 0.783. The summed E-state index contributed by atoms with van der Waals surface area (Å²) in [7, 11) is 0. The van der Waals surface area contributed by atoms with Gasteiger partial charge in [-0.3, -0.25) is 4.79 Å². The fourth-order valence-electron chi connectivity index (χ4n) is 2.85. The third-order valence-electron chi connectivity index (χ3n) is 4.38. The highest BCUT2D eigenvalue weighted by Crippen LogP contribution is 2.11. The first-order valence-corrected chi connectivity index (χ1v) is 10.8. The Balaban J connectivity index is 3.21. The van der Waals surface area contributed by atoms with Crippen LogP contribution in [0.4, 0.5) is 0 Å². The Bertz CT molecular complexity index is 331. The molecule has 2 heteroatoms. The monoisotopic (exact) mass is 350 g/mol. The molecule has 0 atom stereocenters. The number of hydrogen-bond acceptors (Lipinski definition) is 2. The van der Waals surface area contributed by atoms with Crippen LogP contribution < -0.4 is 0 Å².